The molecule has 2 aromatic carbocycles. The van der Waals surface area contributed by atoms with Gasteiger partial charge in [-0.25, -0.2) is 0 Å². The summed E-state index contributed by atoms with van der Waals surface area (Å²) >= 11 is 0. The van der Waals surface area contributed by atoms with Crippen molar-refractivity contribution in [2.45, 2.75) is 13.5 Å². The highest BCUT2D eigenvalue weighted by Crippen LogP contribution is 2.14. The number of aromatic nitrogens is 1. The second kappa shape index (κ2) is 5.11. The Hall–Kier alpha value is -2.35. The number of anilines is 1. The summed E-state index contributed by atoms with van der Waals surface area (Å²) in [5.74, 6) is 0. The van der Waals surface area contributed by atoms with Crippen LogP contribution in [0.15, 0.2) is 60.7 Å². The van der Waals surface area contributed by atoms with Crippen LogP contribution in [0.5, 0.6) is 0 Å². The van der Waals surface area contributed by atoms with Crippen molar-refractivity contribution in [1.82, 2.24) is 4.98 Å². The van der Waals surface area contributed by atoms with Crippen LogP contribution in [0.2, 0.25) is 0 Å². The van der Waals surface area contributed by atoms with Gasteiger partial charge < -0.3 is 5.32 Å². The summed E-state index contributed by atoms with van der Waals surface area (Å²) in [6, 6.07) is 20.8. The van der Waals surface area contributed by atoms with Gasteiger partial charge in [0.25, 0.3) is 0 Å². The Morgan fingerprint density at radius 3 is 2.53 bits per heavy atom. The van der Waals surface area contributed by atoms with Crippen molar-refractivity contribution in [3.05, 3.63) is 71.9 Å². The van der Waals surface area contributed by atoms with E-state index in [-0.39, 0.29) is 0 Å². The highest BCUT2D eigenvalue weighted by Gasteiger charge is 1.98. The number of nitrogens with zero attached hydrogens (tertiary/aromatic N) is 1. The summed E-state index contributed by atoms with van der Waals surface area (Å²) in [6.07, 6.45) is 0. The van der Waals surface area contributed by atoms with E-state index < -0.39 is 0 Å². The second-order valence-electron chi connectivity index (χ2n) is 4.71. The van der Waals surface area contributed by atoms with Crippen molar-refractivity contribution >= 4 is 16.6 Å². The maximum Gasteiger partial charge on any atom is 0.0706 e. The van der Waals surface area contributed by atoms with E-state index >= 15 is 0 Å². The van der Waals surface area contributed by atoms with Gasteiger partial charge in [-0.3, -0.25) is 4.98 Å². The molecule has 1 N–H and O–H groups in total. The van der Waals surface area contributed by atoms with Crippen molar-refractivity contribution in [1.29, 1.82) is 0 Å². The van der Waals surface area contributed by atoms with Crippen LogP contribution in [-0.2, 0) is 6.54 Å². The molecule has 0 fully saturated rings. The molecule has 19 heavy (non-hydrogen) atoms. The van der Waals surface area contributed by atoms with E-state index in [1.165, 1.54) is 10.9 Å². The first-order chi connectivity index (χ1) is 9.31. The molecule has 2 heteroatoms. The summed E-state index contributed by atoms with van der Waals surface area (Å²) in [5.41, 5.74) is 4.50. The number of para-hydroxylation sites is 1. The highest BCUT2D eigenvalue weighted by atomic mass is 14.9. The highest BCUT2D eigenvalue weighted by molar-refractivity contribution is 5.78. The second-order valence-corrected chi connectivity index (χ2v) is 4.71. The van der Waals surface area contributed by atoms with Gasteiger partial charge in [0, 0.05) is 11.1 Å². The van der Waals surface area contributed by atoms with Crippen LogP contribution in [0.25, 0.3) is 10.9 Å². The molecule has 3 rings (SSSR count). The molecule has 0 bridgehead atoms. The van der Waals surface area contributed by atoms with Gasteiger partial charge in [-0.05, 0) is 31.2 Å². The summed E-state index contributed by atoms with van der Waals surface area (Å²) in [5, 5.41) is 4.57. The summed E-state index contributed by atoms with van der Waals surface area (Å²) in [6.45, 7) is 2.84. The third kappa shape index (κ3) is 2.74. The molecule has 0 atom stereocenters. The van der Waals surface area contributed by atoms with Crippen molar-refractivity contribution in [3.8, 4) is 0 Å². The lowest BCUT2D eigenvalue weighted by molar-refractivity contribution is 1.07. The van der Waals surface area contributed by atoms with Crippen molar-refractivity contribution in [2.24, 2.45) is 0 Å². The minimum Gasteiger partial charge on any atom is -0.379 e. The van der Waals surface area contributed by atoms with Gasteiger partial charge in [0.05, 0.1) is 17.8 Å². The van der Waals surface area contributed by atoms with E-state index in [4.69, 9.17) is 0 Å². The first kappa shape index (κ1) is 11.7. The maximum atomic E-state index is 4.65. The zero-order valence-electron chi connectivity index (χ0n) is 10.9. The largest absolute Gasteiger partial charge is 0.379 e. The molecule has 2 nitrogen and oxygen atoms in total. The van der Waals surface area contributed by atoms with Gasteiger partial charge >= 0.3 is 0 Å². The molecule has 0 aliphatic rings. The van der Waals surface area contributed by atoms with E-state index in [1.54, 1.807) is 0 Å². The number of aryl methyl sites for hydroxylation is 1. The van der Waals surface area contributed by atoms with E-state index in [2.05, 4.69) is 59.7 Å². The molecule has 0 aliphatic carbocycles. The van der Waals surface area contributed by atoms with Gasteiger partial charge in [-0.1, -0.05) is 42.0 Å². The average Bonchev–Trinajstić information content (AvgIpc) is 2.46. The Balaban J connectivity index is 1.76. The van der Waals surface area contributed by atoms with Crippen LogP contribution in [0.4, 0.5) is 5.69 Å². The molecule has 0 unspecified atom stereocenters. The lowest BCUT2D eigenvalue weighted by Crippen LogP contribution is -2.01. The maximum absolute atomic E-state index is 4.65. The fourth-order valence-electron chi connectivity index (χ4n) is 2.07. The summed E-state index contributed by atoms with van der Waals surface area (Å²) in [7, 11) is 0. The average molecular weight is 248 g/mol. The van der Waals surface area contributed by atoms with Crippen LogP contribution >= 0.6 is 0 Å². The monoisotopic (exact) mass is 248 g/mol. The lowest BCUT2D eigenvalue weighted by Gasteiger charge is -2.07. The Bertz CT molecular complexity index is 687. The number of pyridine rings is 1. The van der Waals surface area contributed by atoms with Crippen LogP contribution in [0.3, 0.4) is 0 Å². The van der Waals surface area contributed by atoms with E-state index in [1.807, 2.05) is 18.2 Å². The van der Waals surface area contributed by atoms with Crippen LogP contribution in [-0.4, -0.2) is 4.98 Å². The van der Waals surface area contributed by atoms with Crippen LogP contribution in [0.1, 0.15) is 11.3 Å². The Labute approximate surface area is 113 Å². The van der Waals surface area contributed by atoms with Gasteiger partial charge in [-0.15, -0.1) is 0 Å². The quantitative estimate of drug-likeness (QED) is 0.753. The minimum atomic E-state index is 0.744. The number of fused-ring (bicyclic) bond motifs is 1. The molecule has 0 radical (unpaired) electrons. The predicted octanol–water partition coefficient (Wildman–Crippen LogP) is 4.16. The van der Waals surface area contributed by atoms with Gasteiger partial charge in [0.1, 0.15) is 0 Å². The van der Waals surface area contributed by atoms with E-state index in [0.717, 1.165) is 23.4 Å². The lowest BCUT2D eigenvalue weighted by atomic mass is 10.2. The van der Waals surface area contributed by atoms with Crippen molar-refractivity contribution in [3.63, 3.8) is 0 Å². The van der Waals surface area contributed by atoms with Crippen LogP contribution in [0, 0.1) is 6.92 Å². The van der Waals surface area contributed by atoms with Crippen LogP contribution < -0.4 is 5.32 Å². The fraction of sp³-hybridized carbons (Fsp3) is 0.118. The number of rotatable bonds is 3. The molecule has 0 amide bonds. The summed E-state index contributed by atoms with van der Waals surface area (Å²) < 4.78 is 0. The minimum absolute atomic E-state index is 0.744. The fourth-order valence-corrected chi connectivity index (χ4v) is 2.07. The molecule has 0 saturated heterocycles. The van der Waals surface area contributed by atoms with Crippen molar-refractivity contribution < 1.29 is 0 Å². The van der Waals surface area contributed by atoms with E-state index in [0.29, 0.717) is 0 Å². The first-order valence-corrected chi connectivity index (χ1v) is 6.46. The molecule has 0 saturated carbocycles. The number of hydrogen-bond acceptors (Lipinski definition) is 2. The SMILES string of the molecule is Cc1ccc(NCc2ccc3ccccc3n2)cc1. The number of benzene rings is 2. The zero-order chi connectivity index (χ0) is 13.1. The topological polar surface area (TPSA) is 24.9 Å². The van der Waals surface area contributed by atoms with Gasteiger partial charge in [-0.2, -0.15) is 0 Å². The van der Waals surface area contributed by atoms with E-state index in [9.17, 15) is 0 Å². The predicted molar refractivity (Wildman–Crippen MR) is 80.2 cm³/mol. The molecular weight excluding hydrogens is 232 g/mol. The number of hydrogen-bond donors (Lipinski definition) is 1. The Morgan fingerprint density at radius 2 is 1.68 bits per heavy atom. The van der Waals surface area contributed by atoms with Gasteiger partial charge in [0.15, 0.2) is 0 Å². The molecule has 94 valence electrons. The Morgan fingerprint density at radius 1 is 0.895 bits per heavy atom. The Kier molecular flexibility index (Phi) is 3.15. The summed E-state index contributed by atoms with van der Waals surface area (Å²) in [4.78, 5) is 4.65. The molecule has 1 heterocycles. The molecular formula is C17H16N2. The molecule has 3 aromatic rings. The normalized spacial score (nSPS) is 10.6. The smallest absolute Gasteiger partial charge is 0.0706 e. The zero-order valence-corrected chi connectivity index (χ0v) is 10.9. The standard InChI is InChI=1S/C17H16N2/c1-13-6-9-15(10-7-13)18-12-16-11-8-14-4-2-3-5-17(14)19-16/h2-11,18H,12H2,1H3. The first-order valence-electron chi connectivity index (χ1n) is 6.46. The third-order valence-corrected chi connectivity index (χ3v) is 3.18. The molecule has 0 aliphatic heterocycles. The van der Waals surface area contributed by atoms with Gasteiger partial charge in [0.2, 0.25) is 0 Å². The molecule has 0 spiro atoms. The third-order valence-electron chi connectivity index (χ3n) is 3.18. The molecule has 1 aromatic heterocycles. The van der Waals surface area contributed by atoms with Crippen molar-refractivity contribution in [2.75, 3.05) is 5.32 Å². The number of nitrogens with one attached hydrogen (secondary N) is 1.